The smallest absolute Gasteiger partial charge is 0.387 e. The fourth-order valence-electron chi connectivity index (χ4n) is 2.96. The average molecular weight is 385 g/mol. The highest BCUT2D eigenvalue weighted by Gasteiger charge is 2.26. The van der Waals surface area contributed by atoms with Crippen molar-refractivity contribution in [1.82, 2.24) is 9.80 Å². The molecule has 1 aromatic rings. The lowest BCUT2D eigenvalue weighted by molar-refractivity contribution is -0.121. The lowest BCUT2D eigenvalue weighted by atomic mass is 10.2. The molecule has 1 aromatic carbocycles. The van der Waals surface area contributed by atoms with Crippen LogP contribution in [0.2, 0.25) is 0 Å². The third kappa shape index (κ3) is 7.04. The highest BCUT2D eigenvalue weighted by atomic mass is 19.3. The fraction of sp³-hybridized carbons (Fsp3) is 0.632. The summed E-state index contributed by atoms with van der Waals surface area (Å²) in [5, 5.41) is 2.70. The zero-order valence-corrected chi connectivity index (χ0v) is 16.2. The molecule has 1 N–H and O–H groups in total. The molecule has 1 atom stereocenters. The first-order chi connectivity index (χ1) is 12.9. The van der Waals surface area contributed by atoms with E-state index in [4.69, 9.17) is 4.74 Å². The van der Waals surface area contributed by atoms with Gasteiger partial charge in [-0.1, -0.05) is 12.1 Å². The van der Waals surface area contributed by atoms with Gasteiger partial charge in [-0.2, -0.15) is 8.78 Å². The fourth-order valence-corrected chi connectivity index (χ4v) is 2.96. The van der Waals surface area contributed by atoms with Crippen LogP contribution < -0.4 is 10.1 Å². The SMILES string of the molecule is CC(C)OCCN1CCN(C(C)C(=O)Nc2ccccc2OC(F)F)CC1. The molecule has 0 bridgehead atoms. The van der Waals surface area contributed by atoms with E-state index >= 15 is 0 Å². The van der Waals surface area contributed by atoms with E-state index in [0.717, 1.165) is 32.7 Å². The van der Waals surface area contributed by atoms with Gasteiger partial charge in [0.1, 0.15) is 5.75 Å². The number of para-hydroxylation sites is 2. The number of nitrogens with one attached hydrogen (secondary N) is 1. The molecule has 1 heterocycles. The number of ether oxygens (including phenoxy) is 2. The van der Waals surface area contributed by atoms with E-state index in [0.29, 0.717) is 6.61 Å². The molecule has 2 rings (SSSR count). The molecule has 152 valence electrons. The van der Waals surface area contributed by atoms with E-state index < -0.39 is 6.61 Å². The zero-order valence-electron chi connectivity index (χ0n) is 16.2. The Morgan fingerprint density at radius 1 is 1.15 bits per heavy atom. The molecule has 0 aliphatic carbocycles. The second-order valence-electron chi connectivity index (χ2n) is 6.84. The van der Waals surface area contributed by atoms with Gasteiger partial charge < -0.3 is 14.8 Å². The maximum absolute atomic E-state index is 12.5. The Bertz CT molecular complexity index is 593. The summed E-state index contributed by atoms with van der Waals surface area (Å²) in [7, 11) is 0. The van der Waals surface area contributed by atoms with Crippen molar-refractivity contribution in [2.24, 2.45) is 0 Å². The molecule has 27 heavy (non-hydrogen) atoms. The van der Waals surface area contributed by atoms with Gasteiger partial charge in [0.15, 0.2) is 0 Å². The number of nitrogens with zero attached hydrogens (tertiary/aromatic N) is 2. The number of anilines is 1. The molecule has 6 nitrogen and oxygen atoms in total. The van der Waals surface area contributed by atoms with Crippen LogP contribution in [0.25, 0.3) is 0 Å². The average Bonchev–Trinajstić information content (AvgIpc) is 2.62. The number of rotatable bonds is 9. The second-order valence-corrected chi connectivity index (χ2v) is 6.84. The first-order valence-corrected chi connectivity index (χ1v) is 9.29. The van der Waals surface area contributed by atoms with E-state index in [9.17, 15) is 13.6 Å². The van der Waals surface area contributed by atoms with Crippen LogP contribution in [0.1, 0.15) is 20.8 Å². The molecule has 1 aliphatic rings. The Labute approximate surface area is 159 Å². The van der Waals surface area contributed by atoms with Crippen LogP contribution in [0.4, 0.5) is 14.5 Å². The van der Waals surface area contributed by atoms with Gasteiger partial charge in [-0.05, 0) is 32.9 Å². The van der Waals surface area contributed by atoms with Crippen molar-refractivity contribution >= 4 is 11.6 Å². The van der Waals surface area contributed by atoms with E-state index in [1.165, 1.54) is 6.07 Å². The predicted octanol–water partition coefficient (Wildman–Crippen LogP) is 2.66. The van der Waals surface area contributed by atoms with Crippen molar-refractivity contribution in [3.63, 3.8) is 0 Å². The Kier molecular flexibility index (Phi) is 8.40. The molecular formula is C19H29F2N3O3. The summed E-state index contributed by atoms with van der Waals surface area (Å²) < 4.78 is 35.0. The van der Waals surface area contributed by atoms with E-state index in [1.807, 2.05) is 20.8 Å². The van der Waals surface area contributed by atoms with Gasteiger partial charge in [-0.25, -0.2) is 0 Å². The van der Waals surface area contributed by atoms with Crippen molar-refractivity contribution in [2.75, 3.05) is 44.6 Å². The first kappa shape index (κ1) is 21.5. The van der Waals surface area contributed by atoms with Gasteiger partial charge in [-0.15, -0.1) is 0 Å². The molecule has 0 saturated carbocycles. The van der Waals surface area contributed by atoms with Gasteiger partial charge in [0.25, 0.3) is 0 Å². The van der Waals surface area contributed by atoms with Crippen molar-refractivity contribution in [3.8, 4) is 5.75 Å². The van der Waals surface area contributed by atoms with Crippen LogP contribution in [0.5, 0.6) is 5.75 Å². The number of carbonyl (C=O) groups is 1. The van der Waals surface area contributed by atoms with Crippen LogP contribution in [0, 0.1) is 0 Å². The van der Waals surface area contributed by atoms with Crippen LogP contribution in [-0.4, -0.2) is 73.8 Å². The van der Waals surface area contributed by atoms with Gasteiger partial charge in [0.2, 0.25) is 5.91 Å². The highest BCUT2D eigenvalue weighted by molar-refractivity contribution is 5.95. The molecule has 1 amide bonds. The Morgan fingerprint density at radius 2 is 1.81 bits per heavy atom. The summed E-state index contributed by atoms with van der Waals surface area (Å²) in [4.78, 5) is 17.0. The Morgan fingerprint density at radius 3 is 2.44 bits per heavy atom. The molecule has 1 aliphatic heterocycles. The summed E-state index contributed by atoms with van der Waals surface area (Å²) in [5.74, 6) is -0.278. The second kappa shape index (κ2) is 10.5. The number of carbonyl (C=O) groups excluding carboxylic acids is 1. The van der Waals surface area contributed by atoms with Gasteiger partial charge in [-0.3, -0.25) is 14.6 Å². The van der Waals surface area contributed by atoms with Crippen LogP contribution in [-0.2, 0) is 9.53 Å². The number of alkyl halides is 2. The molecule has 8 heteroatoms. The quantitative estimate of drug-likeness (QED) is 0.708. The third-order valence-electron chi connectivity index (χ3n) is 4.55. The number of hydrogen-bond donors (Lipinski definition) is 1. The van der Waals surface area contributed by atoms with Gasteiger partial charge in [0.05, 0.1) is 24.4 Å². The van der Waals surface area contributed by atoms with Gasteiger partial charge in [0, 0.05) is 32.7 Å². The van der Waals surface area contributed by atoms with Crippen LogP contribution in [0.3, 0.4) is 0 Å². The summed E-state index contributed by atoms with van der Waals surface area (Å²) in [6, 6.07) is 5.84. The standard InChI is InChI=1S/C19H29F2N3O3/c1-14(2)26-13-12-23-8-10-24(11-9-23)15(3)18(25)22-16-6-4-5-7-17(16)27-19(20)21/h4-7,14-15,19H,8-13H2,1-3H3,(H,22,25). The number of amides is 1. The van der Waals surface area contributed by atoms with E-state index in [2.05, 4.69) is 19.9 Å². The lowest BCUT2D eigenvalue weighted by Crippen LogP contribution is -2.53. The Balaban J connectivity index is 1.83. The maximum atomic E-state index is 12.5. The largest absolute Gasteiger partial charge is 0.433 e. The third-order valence-corrected chi connectivity index (χ3v) is 4.55. The zero-order chi connectivity index (χ0) is 19.8. The number of benzene rings is 1. The molecule has 0 spiro atoms. The minimum Gasteiger partial charge on any atom is -0.433 e. The normalized spacial score (nSPS) is 17.3. The molecular weight excluding hydrogens is 356 g/mol. The number of hydrogen-bond acceptors (Lipinski definition) is 5. The van der Waals surface area contributed by atoms with Gasteiger partial charge >= 0.3 is 6.61 Å². The topological polar surface area (TPSA) is 54.0 Å². The number of halogens is 2. The molecule has 1 saturated heterocycles. The lowest BCUT2D eigenvalue weighted by Gasteiger charge is -2.37. The van der Waals surface area contributed by atoms with Crippen molar-refractivity contribution in [1.29, 1.82) is 0 Å². The summed E-state index contributed by atoms with van der Waals surface area (Å²) in [5.41, 5.74) is 0.249. The van der Waals surface area contributed by atoms with Crippen molar-refractivity contribution in [3.05, 3.63) is 24.3 Å². The summed E-state index contributed by atoms with van der Waals surface area (Å²) >= 11 is 0. The molecule has 0 aromatic heterocycles. The van der Waals surface area contributed by atoms with Crippen molar-refractivity contribution in [2.45, 2.75) is 39.5 Å². The molecule has 0 radical (unpaired) electrons. The minimum atomic E-state index is -2.94. The van der Waals surface area contributed by atoms with E-state index in [1.54, 1.807) is 18.2 Å². The van der Waals surface area contributed by atoms with Crippen molar-refractivity contribution < 1.29 is 23.0 Å². The Hall–Kier alpha value is -1.77. The van der Waals surface area contributed by atoms with Crippen LogP contribution >= 0.6 is 0 Å². The maximum Gasteiger partial charge on any atom is 0.387 e. The summed E-state index contributed by atoms with van der Waals surface area (Å²) in [6.45, 7) is 7.77. The van der Waals surface area contributed by atoms with E-state index in [-0.39, 0.29) is 29.5 Å². The highest BCUT2D eigenvalue weighted by Crippen LogP contribution is 2.25. The number of piperazine rings is 1. The minimum absolute atomic E-state index is 0.0389. The summed E-state index contributed by atoms with van der Waals surface area (Å²) in [6.07, 6.45) is 0.229. The molecule has 1 fully saturated rings. The predicted molar refractivity (Wildman–Crippen MR) is 100 cm³/mol. The molecule has 1 unspecified atom stereocenters. The monoisotopic (exact) mass is 385 g/mol. The first-order valence-electron chi connectivity index (χ1n) is 9.29. The van der Waals surface area contributed by atoms with Crippen LogP contribution in [0.15, 0.2) is 24.3 Å².